The number of aromatic nitrogens is 2. The van der Waals surface area contributed by atoms with E-state index in [0.717, 1.165) is 22.6 Å². The molecule has 3 aromatic rings. The molecular formula is C19H19IrN2O3-. The zero-order valence-corrected chi connectivity index (χ0v) is 16.6. The summed E-state index contributed by atoms with van der Waals surface area (Å²) in [5.41, 5.74) is 2.81. The van der Waals surface area contributed by atoms with Gasteiger partial charge in [-0.25, -0.2) is 0 Å². The smallest absolute Gasteiger partial charge is 0.155 e. The van der Waals surface area contributed by atoms with Crippen molar-refractivity contribution >= 4 is 5.78 Å². The minimum absolute atomic E-state index is 0. The zero-order valence-electron chi connectivity index (χ0n) is 14.2. The number of rotatable bonds is 3. The van der Waals surface area contributed by atoms with Gasteiger partial charge in [0.15, 0.2) is 5.78 Å². The van der Waals surface area contributed by atoms with Crippen LogP contribution in [0.2, 0.25) is 0 Å². The molecule has 0 spiro atoms. The molecule has 0 aliphatic rings. The van der Waals surface area contributed by atoms with E-state index in [9.17, 15) is 4.79 Å². The molecule has 0 saturated heterocycles. The van der Waals surface area contributed by atoms with Gasteiger partial charge in [0.25, 0.3) is 0 Å². The maximum Gasteiger partial charge on any atom is 0.155 e. The van der Waals surface area contributed by atoms with Gasteiger partial charge >= 0.3 is 0 Å². The normalized spacial score (nSPS) is 10.4. The maximum atomic E-state index is 10.0. The number of aliphatic hydroxyl groups is 1. The Bertz CT molecular complexity index is 831. The quantitative estimate of drug-likeness (QED) is 0.323. The Morgan fingerprint density at radius 2 is 1.96 bits per heavy atom. The summed E-state index contributed by atoms with van der Waals surface area (Å²) in [6.45, 7) is 2.85. The number of furan rings is 1. The number of imidazole rings is 1. The molecule has 1 N–H and O–H groups in total. The van der Waals surface area contributed by atoms with Crippen molar-refractivity contribution in [1.29, 1.82) is 0 Å². The molecule has 1 radical (unpaired) electrons. The van der Waals surface area contributed by atoms with Crippen molar-refractivity contribution in [3.8, 4) is 22.6 Å². The number of hydrogen-bond donors (Lipinski definition) is 1. The molecule has 0 bridgehead atoms. The van der Waals surface area contributed by atoms with Gasteiger partial charge in [-0.05, 0) is 31.3 Å². The van der Waals surface area contributed by atoms with Gasteiger partial charge in [-0.15, -0.1) is 11.6 Å². The fraction of sp³-hybridized carbons (Fsp3) is 0.158. The van der Waals surface area contributed by atoms with Gasteiger partial charge < -0.3 is 19.1 Å². The van der Waals surface area contributed by atoms with Gasteiger partial charge in [-0.2, -0.15) is 0 Å². The summed E-state index contributed by atoms with van der Waals surface area (Å²) in [4.78, 5) is 14.3. The first kappa shape index (κ1) is 20.6. The number of hydrogen-bond acceptors (Lipinski definition) is 4. The molecule has 2 heterocycles. The molecule has 0 amide bonds. The number of aliphatic hydroxyl groups excluding tert-OH is 1. The predicted molar refractivity (Wildman–Crippen MR) is 92.2 cm³/mol. The monoisotopic (exact) mass is 516 g/mol. The van der Waals surface area contributed by atoms with Crippen LogP contribution in [-0.2, 0) is 31.9 Å². The van der Waals surface area contributed by atoms with Gasteiger partial charge in [0.1, 0.15) is 0 Å². The number of carbonyl (C=O) groups is 1. The van der Waals surface area contributed by atoms with Crippen LogP contribution in [0.5, 0.6) is 0 Å². The van der Waals surface area contributed by atoms with Gasteiger partial charge in [-0.1, -0.05) is 30.3 Å². The van der Waals surface area contributed by atoms with E-state index in [1.165, 1.54) is 19.9 Å². The van der Waals surface area contributed by atoms with Gasteiger partial charge in [0.05, 0.1) is 12.1 Å². The Hall–Kier alpha value is -2.43. The van der Waals surface area contributed by atoms with Gasteiger partial charge in [0, 0.05) is 45.3 Å². The second-order valence-electron chi connectivity index (χ2n) is 5.27. The topological polar surface area (TPSA) is 68.3 Å². The molecule has 1 aromatic carbocycles. The van der Waals surface area contributed by atoms with Crippen LogP contribution in [0.4, 0.5) is 0 Å². The molecule has 133 valence electrons. The predicted octanol–water partition coefficient (Wildman–Crippen LogP) is 4.18. The minimum Gasteiger partial charge on any atom is -0.535 e. The fourth-order valence-corrected chi connectivity index (χ4v) is 2.10. The van der Waals surface area contributed by atoms with E-state index in [2.05, 4.69) is 11.1 Å². The van der Waals surface area contributed by atoms with Crippen LogP contribution in [0, 0.1) is 6.07 Å². The van der Waals surface area contributed by atoms with E-state index in [1.54, 1.807) is 12.6 Å². The summed E-state index contributed by atoms with van der Waals surface area (Å²) >= 11 is 0. The molecule has 0 aliphatic carbocycles. The fourth-order valence-electron chi connectivity index (χ4n) is 2.10. The summed E-state index contributed by atoms with van der Waals surface area (Å²) in [6, 6.07) is 13.1. The third-order valence-corrected chi connectivity index (χ3v) is 3.02. The van der Waals surface area contributed by atoms with Crippen LogP contribution >= 0.6 is 0 Å². The molecule has 3 rings (SSSR count). The number of allylic oxidation sites excluding steroid dienone is 2. The van der Waals surface area contributed by atoms with Crippen molar-refractivity contribution in [2.24, 2.45) is 7.05 Å². The van der Waals surface area contributed by atoms with Crippen LogP contribution in [0.15, 0.2) is 65.4 Å². The Balaban J connectivity index is 0.000000339. The number of nitrogens with zero attached hydrogens (tertiary/aromatic N) is 2. The van der Waals surface area contributed by atoms with E-state index in [-0.39, 0.29) is 31.6 Å². The average molecular weight is 516 g/mol. The van der Waals surface area contributed by atoms with Crippen molar-refractivity contribution in [3.63, 3.8) is 0 Å². The molecule has 0 fully saturated rings. The standard InChI is InChI=1S/C14H11N2O.C5H8O2.Ir/c1-16-9-13(15-10-16)12-7-8-17-14(12)11-5-3-2-4-6-11;1-4(6)3-5(2)7;/h2-6,8-10H,1H3;3,6H,1-2H3;/q-1;;/b;4-3-;. The Morgan fingerprint density at radius 3 is 2.44 bits per heavy atom. The Morgan fingerprint density at radius 1 is 1.28 bits per heavy atom. The SMILES string of the molecule is CC(=O)/C=C(/C)O.Cn1cnc(-c2[c-]coc2-c2ccccc2)c1.[Ir]. The van der Waals surface area contributed by atoms with Crippen LogP contribution < -0.4 is 0 Å². The second kappa shape index (κ2) is 9.77. The average Bonchev–Trinajstić information content (AvgIpc) is 3.15. The van der Waals surface area contributed by atoms with Crippen molar-refractivity contribution in [2.45, 2.75) is 13.8 Å². The first-order valence-corrected chi connectivity index (χ1v) is 7.38. The van der Waals surface area contributed by atoms with Crippen LogP contribution in [0.1, 0.15) is 13.8 Å². The summed E-state index contributed by atoms with van der Waals surface area (Å²) in [6.07, 6.45) is 6.46. The first-order valence-electron chi connectivity index (χ1n) is 7.38. The first-order chi connectivity index (χ1) is 11.5. The van der Waals surface area contributed by atoms with E-state index >= 15 is 0 Å². The van der Waals surface area contributed by atoms with E-state index in [4.69, 9.17) is 9.52 Å². The van der Waals surface area contributed by atoms with Crippen LogP contribution in [-0.4, -0.2) is 20.4 Å². The Kier molecular flexibility index (Phi) is 8.05. The molecule has 0 saturated carbocycles. The van der Waals surface area contributed by atoms with Crippen molar-refractivity contribution in [1.82, 2.24) is 9.55 Å². The third kappa shape index (κ3) is 6.18. The maximum absolute atomic E-state index is 10.0. The second-order valence-corrected chi connectivity index (χ2v) is 5.27. The number of aryl methyl sites for hydroxylation is 1. The summed E-state index contributed by atoms with van der Waals surface area (Å²) in [5, 5.41) is 8.36. The van der Waals surface area contributed by atoms with Crippen molar-refractivity contribution < 1.29 is 34.4 Å². The number of ketones is 1. The third-order valence-electron chi connectivity index (χ3n) is 3.02. The number of carbonyl (C=O) groups excluding carboxylic acids is 1. The van der Waals surface area contributed by atoms with Crippen LogP contribution in [0.25, 0.3) is 22.6 Å². The van der Waals surface area contributed by atoms with Gasteiger partial charge in [-0.3, -0.25) is 4.79 Å². The van der Waals surface area contributed by atoms with E-state index in [1.807, 2.05) is 48.1 Å². The zero-order chi connectivity index (χ0) is 17.5. The minimum atomic E-state index is -0.125. The van der Waals surface area contributed by atoms with Crippen LogP contribution in [0.3, 0.4) is 0 Å². The summed E-state index contributed by atoms with van der Waals surface area (Å²) in [7, 11) is 1.94. The largest absolute Gasteiger partial charge is 0.535 e. The van der Waals surface area contributed by atoms with E-state index in [0.29, 0.717) is 0 Å². The molecule has 2 aromatic heterocycles. The molecule has 6 heteroatoms. The molecule has 0 unspecified atom stereocenters. The molecule has 0 atom stereocenters. The molecule has 0 aliphatic heterocycles. The van der Waals surface area contributed by atoms with Gasteiger partial charge in [0.2, 0.25) is 0 Å². The van der Waals surface area contributed by atoms with Crippen molar-refractivity contribution in [3.05, 3.63) is 67.0 Å². The summed E-state index contributed by atoms with van der Waals surface area (Å²) < 4.78 is 7.42. The van der Waals surface area contributed by atoms with Crippen molar-refractivity contribution in [2.75, 3.05) is 0 Å². The number of benzene rings is 1. The summed E-state index contributed by atoms with van der Waals surface area (Å²) in [5.74, 6) is 0.747. The molecular weight excluding hydrogens is 496 g/mol. The molecule has 25 heavy (non-hydrogen) atoms. The molecule has 5 nitrogen and oxygen atoms in total. The van der Waals surface area contributed by atoms with E-state index < -0.39 is 0 Å². The Labute approximate surface area is 160 Å².